The van der Waals surface area contributed by atoms with Gasteiger partial charge in [-0.3, -0.25) is 14.9 Å². The van der Waals surface area contributed by atoms with Crippen molar-refractivity contribution in [2.75, 3.05) is 26.7 Å². The van der Waals surface area contributed by atoms with Crippen LogP contribution in [0, 0.1) is 0 Å². The second kappa shape index (κ2) is 13.5. The molecule has 0 amide bonds. The third-order valence-corrected chi connectivity index (χ3v) is 4.48. The van der Waals surface area contributed by atoms with Crippen LogP contribution in [0.15, 0.2) is 53.7 Å². The minimum Gasteiger partial charge on any atom is -0.356 e. The predicted octanol–water partition coefficient (Wildman–Crippen LogP) is 3.45. The highest BCUT2D eigenvalue weighted by molar-refractivity contribution is 14.0. The average Bonchev–Trinajstić information content (AvgIpc) is 2.70. The van der Waals surface area contributed by atoms with Crippen LogP contribution in [-0.4, -0.2) is 42.5 Å². The molecule has 0 unspecified atom stereocenters. The first kappa shape index (κ1) is 23.4. The number of pyridine rings is 1. The van der Waals surface area contributed by atoms with Gasteiger partial charge >= 0.3 is 0 Å². The molecular weight excluding hydrogens is 449 g/mol. The minimum atomic E-state index is 0. The largest absolute Gasteiger partial charge is 0.356 e. The van der Waals surface area contributed by atoms with E-state index >= 15 is 0 Å². The van der Waals surface area contributed by atoms with Gasteiger partial charge in [0.15, 0.2) is 5.96 Å². The van der Waals surface area contributed by atoms with E-state index in [4.69, 9.17) is 0 Å². The quantitative estimate of drug-likeness (QED) is 0.327. The Morgan fingerprint density at radius 2 is 1.70 bits per heavy atom. The van der Waals surface area contributed by atoms with E-state index in [0.717, 1.165) is 50.8 Å². The fourth-order valence-electron chi connectivity index (χ4n) is 2.83. The summed E-state index contributed by atoms with van der Waals surface area (Å²) >= 11 is 0. The van der Waals surface area contributed by atoms with Crippen molar-refractivity contribution in [2.45, 2.75) is 33.4 Å². The van der Waals surface area contributed by atoms with Crippen molar-refractivity contribution in [1.29, 1.82) is 0 Å². The number of rotatable bonds is 9. The molecule has 0 radical (unpaired) electrons. The van der Waals surface area contributed by atoms with E-state index in [1.807, 2.05) is 24.4 Å². The van der Waals surface area contributed by atoms with Crippen molar-refractivity contribution in [1.82, 2.24) is 20.5 Å². The highest BCUT2D eigenvalue weighted by Gasteiger charge is 2.07. The number of aromatic nitrogens is 1. The van der Waals surface area contributed by atoms with Gasteiger partial charge in [0.05, 0.1) is 0 Å². The van der Waals surface area contributed by atoms with E-state index in [0.29, 0.717) is 0 Å². The SMILES string of the molecule is CCN(CC)Cc1ccccc1CNC(=NC)NCCc1ccccn1.I. The zero-order chi connectivity index (χ0) is 18.6. The summed E-state index contributed by atoms with van der Waals surface area (Å²) in [5.41, 5.74) is 3.76. The van der Waals surface area contributed by atoms with Gasteiger partial charge in [0.25, 0.3) is 0 Å². The molecule has 0 spiro atoms. The van der Waals surface area contributed by atoms with Crippen LogP contribution < -0.4 is 10.6 Å². The number of guanidine groups is 1. The molecule has 2 N–H and O–H groups in total. The predicted molar refractivity (Wildman–Crippen MR) is 125 cm³/mol. The molecule has 27 heavy (non-hydrogen) atoms. The molecule has 148 valence electrons. The molecule has 0 saturated heterocycles. The molecule has 2 rings (SSSR count). The Labute approximate surface area is 180 Å². The molecule has 5 nitrogen and oxygen atoms in total. The zero-order valence-corrected chi connectivity index (χ0v) is 18.9. The number of aliphatic imine (C=N–C) groups is 1. The van der Waals surface area contributed by atoms with Gasteiger partial charge in [-0.15, -0.1) is 24.0 Å². The van der Waals surface area contributed by atoms with Gasteiger partial charge in [-0.2, -0.15) is 0 Å². The van der Waals surface area contributed by atoms with E-state index < -0.39 is 0 Å². The lowest BCUT2D eigenvalue weighted by atomic mass is 10.1. The molecule has 0 aliphatic rings. The molecule has 1 aromatic heterocycles. The number of benzene rings is 1. The molecule has 0 saturated carbocycles. The topological polar surface area (TPSA) is 52.5 Å². The summed E-state index contributed by atoms with van der Waals surface area (Å²) < 4.78 is 0. The molecule has 0 atom stereocenters. The Morgan fingerprint density at radius 3 is 2.33 bits per heavy atom. The molecule has 1 heterocycles. The summed E-state index contributed by atoms with van der Waals surface area (Å²) in [7, 11) is 1.80. The van der Waals surface area contributed by atoms with E-state index in [9.17, 15) is 0 Å². The summed E-state index contributed by atoms with van der Waals surface area (Å²) in [6.45, 7) is 9.09. The monoisotopic (exact) mass is 481 g/mol. The summed E-state index contributed by atoms with van der Waals surface area (Å²) in [6, 6.07) is 14.6. The van der Waals surface area contributed by atoms with Crippen molar-refractivity contribution in [3.63, 3.8) is 0 Å². The Hall–Kier alpha value is -1.67. The van der Waals surface area contributed by atoms with Crippen LogP contribution in [0.1, 0.15) is 30.7 Å². The standard InChI is InChI=1S/C21H31N5.HI/c1-4-26(5-2)17-19-11-7-6-10-18(19)16-25-21(22-3)24-15-13-20-12-8-9-14-23-20;/h6-12,14H,4-5,13,15-17H2,1-3H3,(H2,22,24,25);1H. The van der Waals surface area contributed by atoms with Crippen molar-refractivity contribution in [3.8, 4) is 0 Å². The first-order chi connectivity index (χ1) is 12.8. The van der Waals surface area contributed by atoms with Crippen LogP contribution >= 0.6 is 24.0 Å². The summed E-state index contributed by atoms with van der Waals surface area (Å²) in [5.74, 6) is 0.818. The Kier molecular flexibility index (Phi) is 11.7. The highest BCUT2D eigenvalue weighted by Crippen LogP contribution is 2.11. The summed E-state index contributed by atoms with van der Waals surface area (Å²) in [5, 5.41) is 6.78. The zero-order valence-electron chi connectivity index (χ0n) is 16.6. The van der Waals surface area contributed by atoms with E-state index in [-0.39, 0.29) is 24.0 Å². The van der Waals surface area contributed by atoms with Gasteiger partial charge in [0, 0.05) is 45.0 Å². The summed E-state index contributed by atoms with van der Waals surface area (Å²) in [6.07, 6.45) is 2.70. The molecule has 0 fully saturated rings. The number of nitrogens with one attached hydrogen (secondary N) is 2. The third-order valence-electron chi connectivity index (χ3n) is 4.48. The smallest absolute Gasteiger partial charge is 0.191 e. The lowest BCUT2D eigenvalue weighted by Gasteiger charge is -2.20. The maximum absolute atomic E-state index is 4.35. The molecule has 0 aliphatic carbocycles. The average molecular weight is 481 g/mol. The lowest BCUT2D eigenvalue weighted by molar-refractivity contribution is 0.295. The first-order valence-electron chi connectivity index (χ1n) is 9.40. The van der Waals surface area contributed by atoms with Crippen molar-refractivity contribution >= 4 is 29.9 Å². The Bertz CT molecular complexity index is 671. The molecular formula is C21H32IN5. The van der Waals surface area contributed by atoms with Crippen LogP contribution in [0.25, 0.3) is 0 Å². The van der Waals surface area contributed by atoms with Crippen molar-refractivity contribution < 1.29 is 0 Å². The first-order valence-corrected chi connectivity index (χ1v) is 9.40. The maximum atomic E-state index is 4.35. The third kappa shape index (κ3) is 8.26. The molecule has 1 aromatic carbocycles. The normalized spacial score (nSPS) is 11.2. The van der Waals surface area contributed by atoms with Crippen LogP contribution in [0.3, 0.4) is 0 Å². The van der Waals surface area contributed by atoms with Gasteiger partial charge in [0.2, 0.25) is 0 Å². The lowest BCUT2D eigenvalue weighted by Crippen LogP contribution is -2.38. The van der Waals surface area contributed by atoms with E-state index in [2.05, 4.69) is 63.6 Å². The number of nitrogens with zero attached hydrogens (tertiary/aromatic N) is 3. The molecule has 2 aromatic rings. The summed E-state index contributed by atoms with van der Waals surface area (Å²) in [4.78, 5) is 11.1. The van der Waals surface area contributed by atoms with Crippen LogP contribution in [0.4, 0.5) is 0 Å². The number of hydrogen-bond acceptors (Lipinski definition) is 3. The van der Waals surface area contributed by atoms with Gasteiger partial charge in [-0.05, 0) is 36.3 Å². The second-order valence-corrected chi connectivity index (χ2v) is 6.15. The van der Waals surface area contributed by atoms with E-state index in [1.54, 1.807) is 7.05 Å². The van der Waals surface area contributed by atoms with Gasteiger partial charge in [-0.1, -0.05) is 44.2 Å². The number of halogens is 1. The minimum absolute atomic E-state index is 0. The Morgan fingerprint density at radius 1 is 1.00 bits per heavy atom. The fourth-order valence-corrected chi connectivity index (χ4v) is 2.83. The second-order valence-electron chi connectivity index (χ2n) is 6.15. The molecule has 0 bridgehead atoms. The molecule has 6 heteroatoms. The van der Waals surface area contributed by atoms with Gasteiger partial charge in [-0.25, -0.2) is 0 Å². The van der Waals surface area contributed by atoms with Gasteiger partial charge in [0.1, 0.15) is 0 Å². The highest BCUT2D eigenvalue weighted by atomic mass is 127. The van der Waals surface area contributed by atoms with Crippen molar-refractivity contribution in [3.05, 3.63) is 65.5 Å². The maximum Gasteiger partial charge on any atom is 0.191 e. The van der Waals surface area contributed by atoms with Crippen LogP contribution in [0.5, 0.6) is 0 Å². The molecule has 0 aliphatic heterocycles. The number of hydrogen-bond donors (Lipinski definition) is 2. The van der Waals surface area contributed by atoms with Crippen LogP contribution in [0.2, 0.25) is 0 Å². The fraction of sp³-hybridized carbons (Fsp3) is 0.429. The van der Waals surface area contributed by atoms with Gasteiger partial charge < -0.3 is 10.6 Å². The van der Waals surface area contributed by atoms with Crippen LogP contribution in [-0.2, 0) is 19.5 Å². The van der Waals surface area contributed by atoms with E-state index in [1.165, 1.54) is 11.1 Å². The Balaban J connectivity index is 0.00000364. The van der Waals surface area contributed by atoms with Crippen molar-refractivity contribution in [2.24, 2.45) is 4.99 Å².